The van der Waals surface area contributed by atoms with E-state index in [4.69, 9.17) is 4.74 Å². The van der Waals surface area contributed by atoms with E-state index >= 15 is 0 Å². The average Bonchev–Trinajstić information content (AvgIpc) is 2.53. The smallest absolute Gasteiger partial charge is 0.262 e. The summed E-state index contributed by atoms with van der Waals surface area (Å²) in [6.45, 7) is 5.58. The van der Waals surface area contributed by atoms with Gasteiger partial charge in [-0.3, -0.25) is 9.59 Å². The molecular formula is C19H22N2O3. The maximum atomic E-state index is 12.3. The molecule has 0 radical (unpaired) electrons. The van der Waals surface area contributed by atoms with Crippen LogP contribution in [0.4, 0.5) is 5.69 Å². The summed E-state index contributed by atoms with van der Waals surface area (Å²) in [5.41, 5.74) is 0.520. The van der Waals surface area contributed by atoms with Gasteiger partial charge in [-0.2, -0.15) is 0 Å². The van der Waals surface area contributed by atoms with Crippen molar-refractivity contribution in [2.24, 2.45) is 0 Å². The SMILES string of the molecule is CC(C)(C)NC(=O)c1ccccc1NC(=O)COc1ccccc1. The summed E-state index contributed by atoms with van der Waals surface area (Å²) < 4.78 is 5.41. The molecule has 0 fully saturated rings. The molecule has 2 aromatic carbocycles. The summed E-state index contributed by atoms with van der Waals surface area (Å²) in [6.07, 6.45) is 0. The van der Waals surface area contributed by atoms with Gasteiger partial charge in [-0.25, -0.2) is 0 Å². The lowest BCUT2D eigenvalue weighted by Crippen LogP contribution is -2.41. The molecule has 0 aliphatic heterocycles. The Morgan fingerprint density at radius 3 is 2.25 bits per heavy atom. The van der Waals surface area contributed by atoms with Crippen LogP contribution in [-0.2, 0) is 4.79 Å². The Kier molecular flexibility index (Phi) is 5.58. The van der Waals surface area contributed by atoms with E-state index in [1.54, 1.807) is 36.4 Å². The monoisotopic (exact) mass is 326 g/mol. The van der Waals surface area contributed by atoms with Gasteiger partial charge in [-0.05, 0) is 45.0 Å². The van der Waals surface area contributed by atoms with Gasteiger partial charge in [0.2, 0.25) is 0 Å². The molecule has 0 bridgehead atoms. The van der Waals surface area contributed by atoms with E-state index in [-0.39, 0.29) is 24.0 Å². The third-order valence-corrected chi connectivity index (χ3v) is 3.05. The van der Waals surface area contributed by atoms with Crippen LogP contribution in [0.25, 0.3) is 0 Å². The van der Waals surface area contributed by atoms with E-state index in [9.17, 15) is 9.59 Å². The summed E-state index contributed by atoms with van der Waals surface area (Å²) >= 11 is 0. The Labute approximate surface area is 142 Å². The summed E-state index contributed by atoms with van der Waals surface area (Å²) in [6, 6.07) is 16.0. The molecule has 2 rings (SSSR count). The first-order chi connectivity index (χ1) is 11.3. The molecule has 2 N–H and O–H groups in total. The molecule has 126 valence electrons. The number of hydrogen-bond acceptors (Lipinski definition) is 3. The number of rotatable bonds is 5. The molecule has 5 heteroatoms. The van der Waals surface area contributed by atoms with Crippen molar-refractivity contribution in [1.82, 2.24) is 5.32 Å². The molecular weight excluding hydrogens is 304 g/mol. The van der Waals surface area contributed by atoms with Crippen molar-refractivity contribution in [3.63, 3.8) is 0 Å². The highest BCUT2D eigenvalue weighted by Gasteiger charge is 2.18. The predicted molar refractivity (Wildman–Crippen MR) is 94.2 cm³/mol. The minimum Gasteiger partial charge on any atom is -0.484 e. The van der Waals surface area contributed by atoms with E-state index in [2.05, 4.69) is 10.6 Å². The summed E-state index contributed by atoms with van der Waals surface area (Å²) in [4.78, 5) is 24.4. The fraction of sp³-hybridized carbons (Fsp3) is 0.263. The van der Waals surface area contributed by atoms with Gasteiger partial charge in [-0.15, -0.1) is 0 Å². The number of ether oxygens (including phenoxy) is 1. The number of para-hydroxylation sites is 2. The summed E-state index contributed by atoms with van der Waals surface area (Å²) in [5.74, 6) is 0.0589. The molecule has 0 unspecified atom stereocenters. The van der Waals surface area contributed by atoms with Crippen LogP contribution in [0.3, 0.4) is 0 Å². The normalized spacial score (nSPS) is 10.8. The first-order valence-electron chi connectivity index (χ1n) is 7.74. The number of hydrogen-bond donors (Lipinski definition) is 2. The summed E-state index contributed by atoms with van der Waals surface area (Å²) in [7, 11) is 0. The molecule has 24 heavy (non-hydrogen) atoms. The minimum atomic E-state index is -0.357. The van der Waals surface area contributed by atoms with Gasteiger partial charge in [0.25, 0.3) is 11.8 Å². The lowest BCUT2D eigenvalue weighted by atomic mass is 10.1. The number of carbonyl (C=O) groups is 2. The molecule has 0 aromatic heterocycles. The quantitative estimate of drug-likeness (QED) is 0.886. The molecule has 0 aliphatic carbocycles. The topological polar surface area (TPSA) is 67.4 Å². The second-order valence-electron chi connectivity index (χ2n) is 6.40. The molecule has 0 aliphatic rings. The van der Waals surface area contributed by atoms with Crippen molar-refractivity contribution in [2.45, 2.75) is 26.3 Å². The minimum absolute atomic E-state index is 0.126. The van der Waals surface area contributed by atoms with Crippen LogP contribution in [0, 0.1) is 0 Å². The summed E-state index contributed by atoms with van der Waals surface area (Å²) in [5, 5.41) is 5.61. The van der Waals surface area contributed by atoms with Crippen LogP contribution >= 0.6 is 0 Å². The fourth-order valence-electron chi connectivity index (χ4n) is 2.05. The zero-order chi connectivity index (χ0) is 17.6. The van der Waals surface area contributed by atoms with Gasteiger partial charge in [-0.1, -0.05) is 30.3 Å². The van der Waals surface area contributed by atoms with E-state index in [1.807, 2.05) is 39.0 Å². The van der Waals surface area contributed by atoms with Gasteiger partial charge >= 0.3 is 0 Å². The number of carbonyl (C=O) groups excluding carboxylic acids is 2. The van der Waals surface area contributed by atoms with Crippen molar-refractivity contribution < 1.29 is 14.3 Å². The van der Waals surface area contributed by atoms with Gasteiger partial charge in [0, 0.05) is 5.54 Å². The lowest BCUT2D eigenvalue weighted by Gasteiger charge is -2.21. The molecule has 0 spiro atoms. The lowest BCUT2D eigenvalue weighted by molar-refractivity contribution is -0.118. The van der Waals surface area contributed by atoms with Crippen LogP contribution in [0.15, 0.2) is 54.6 Å². The standard InChI is InChI=1S/C19H22N2O3/c1-19(2,3)21-18(23)15-11-7-8-12-16(15)20-17(22)13-24-14-9-5-4-6-10-14/h4-12H,13H2,1-3H3,(H,20,22)(H,21,23). The Balaban J connectivity index is 2.01. The third kappa shape index (κ3) is 5.43. The van der Waals surface area contributed by atoms with Gasteiger partial charge in [0.05, 0.1) is 11.3 Å². The second-order valence-corrected chi connectivity index (χ2v) is 6.40. The molecule has 2 amide bonds. The molecule has 2 aromatic rings. The Hall–Kier alpha value is -2.82. The van der Waals surface area contributed by atoms with Gasteiger partial charge in [0.15, 0.2) is 6.61 Å². The van der Waals surface area contributed by atoms with Crippen molar-refractivity contribution in [3.05, 3.63) is 60.2 Å². The van der Waals surface area contributed by atoms with E-state index in [0.717, 1.165) is 0 Å². The van der Waals surface area contributed by atoms with Gasteiger partial charge in [0.1, 0.15) is 5.75 Å². The van der Waals surface area contributed by atoms with Crippen LogP contribution in [0.5, 0.6) is 5.75 Å². The molecule has 0 saturated heterocycles. The maximum absolute atomic E-state index is 12.3. The Bertz CT molecular complexity index is 706. The highest BCUT2D eigenvalue weighted by molar-refractivity contribution is 6.04. The number of benzene rings is 2. The van der Waals surface area contributed by atoms with E-state index in [0.29, 0.717) is 17.0 Å². The van der Waals surface area contributed by atoms with Gasteiger partial charge < -0.3 is 15.4 Å². The Morgan fingerprint density at radius 2 is 1.58 bits per heavy atom. The third-order valence-electron chi connectivity index (χ3n) is 3.05. The van der Waals surface area contributed by atoms with E-state index in [1.165, 1.54) is 0 Å². The first-order valence-corrected chi connectivity index (χ1v) is 7.74. The van der Waals surface area contributed by atoms with Crippen LogP contribution < -0.4 is 15.4 Å². The zero-order valence-electron chi connectivity index (χ0n) is 14.1. The fourth-order valence-corrected chi connectivity index (χ4v) is 2.05. The molecule has 0 heterocycles. The van der Waals surface area contributed by atoms with Crippen LogP contribution in [-0.4, -0.2) is 24.0 Å². The zero-order valence-corrected chi connectivity index (χ0v) is 14.1. The Morgan fingerprint density at radius 1 is 0.958 bits per heavy atom. The largest absolute Gasteiger partial charge is 0.484 e. The average molecular weight is 326 g/mol. The number of nitrogens with one attached hydrogen (secondary N) is 2. The number of anilines is 1. The molecule has 0 saturated carbocycles. The molecule has 5 nitrogen and oxygen atoms in total. The maximum Gasteiger partial charge on any atom is 0.262 e. The van der Waals surface area contributed by atoms with Crippen molar-refractivity contribution in [2.75, 3.05) is 11.9 Å². The van der Waals surface area contributed by atoms with Crippen molar-refractivity contribution >= 4 is 17.5 Å². The second kappa shape index (κ2) is 7.64. The van der Waals surface area contributed by atoms with Crippen LogP contribution in [0.2, 0.25) is 0 Å². The van der Waals surface area contributed by atoms with Crippen molar-refractivity contribution in [1.29, 1.82) is 0 Å². The van der Waals surface area contributed by atoms with E-state index < -0.39 is 0 Å². The predicted octanol–water partition coefficient (Wildman–Crippen LogP) is 3.23. The van der Waals surface area contributed by atoms with Crippen molar-refractivity contribution in [3.8, 4) is 5.75 Å². The highest BCUT2D eigenvalue weighted by Crippen LogP contribution is 2.16. The van der Waals surface area contributed by atoms with Crippen LogP contribution in [0.1, 0.15) is 31.1 Å². The highest BCUT2D eigenvalue weighted by atomic mass is 16.5. The molecule has 0 atom stereocenters. The first kappa shape index (κ1) is 17.5. The number of amides is 2.